The number of anilines is 2. The summed E-state index contributed by atoms with van der Waals surface area (Å²) >= 11 is 0. The highest BCUT2D eigenvalue weighted by molar-refractivity contribution is 6.35. The van der Waals surface area contributed by atoms with Gasteiger partial charge < -0.3 is 15.6 Å². The highest BCUT2D eigenvalue weighted by atomic mass is 16.2. The van der Waals surface area contributed by atoms with Gasteiger partial charge in [0.1, 0.15) is 0 Å². The molecule has 2 heterocycles. The maximum Gasteiger partial charge on any atom is 0.256 e. The molecule has 128 valence electrons. The fourth-order valence-corrected chi connectivity index (χ4v) is 2.90. The smallest absolute Gasteiger partial charge is 0.256 e. The van der Waals surface area contributed by atoms with Gasteiger partial charge in [-0.1, -0.05) is 17.7 Å². The lowest BCUT2D eigenvalue weighted by molar-refractivity contribution is -0.110. The van der Waals surface area contributed by atoms with Gasteiger partial charge in [-0.3, -0.25) is 9.59 Å². The van der Waals surface area contributed by atoms with Gasteiger partial charge in [0.25, 0.3) is 11.8 Å². The molecule has 0 atom stereocenters. The highest BCUT2D eigenvalue weighted by Crippen LogP contribution is 2.33. The molecule has 26 heavy (non-hydrogen) atoms. The third-order valence-corrected chi connectivity index (χ3v) is 4.30. The van der Waals surface area contributed by atoms with Crippen LogP contribution in [0.4, 0.5) is 11.4 Å². The molecule has 4 rings (SSSR count). The summed E-state index contributed by atoms with van der Waals surface area (Å²) in [7, 11) is 0. The van der Waals surface area contributed by atoms with E-state index in [9.17, 15) is 9.59 Å². The first-order valence-electron chi connectivity index (χ1n) is 8.29. The number of benzene rings is 2. The van der Waals surface area contributed by atoms with Crippen LogP contribution in [0.15, 0.2) is 60.8 Å². The molecular formula is C21H17N3O2. The number of amides is 2. The Morgan fingerprint density at radius 1 is 1.08 bits per heavy atom. The van der Waals surface area contributed by atoms with E-state index in [1.54, 1.807) is 30.5 Å². The standard InChI is InChI=1S/C21H17N3O2/c1-13-4-7-15(8-5-13)23-20(25)14-6-9-19-17(11-14)18(21(26)24-19)12-16-3-2-10-22-16/h2-12,22H,1H3,(H,23,25)(H,24,26). The summed E-state index contributed by atoms with van der Waals surface area (Å²) in [5.41, 5.74) is 5.16. The van der Waals surface area contributed by atoms with Gasteiger partial charge in [-0.25, -0.2) is 0 Å². The lowest BCUT2D eigenvalue weighted by Crippen LogP contribution is -2.12. The third kappa shape index (κ3) is 3.02. The van der Waals surface area contributed by atoms with Crippen molar-refractivity contribution >= 4 is 34.8 Å². The molecule has 0 fully saturated rings. The van der Waals surface area contributed by atoms with Crippen molar-refractivity contribution in [1.82, 2.24) is 4.98 Å². The predicted molar refractivity (Wildman–Crippen MR) is 103 cm³/mol. The highest BCUT2D eigenvalue weighted by Gasteiger charge is 2.25. The molecular weight excluding hydrogens is 326 g/mol. The van der Waals surface area contributed by atoms with Crippen LogP contribution in [0, 0.1) is 6.92 Å². The average molecular weight is 343 g/mol. The van der Waals surface area contributed by atoms with Crippen molar-refractivity contribution in [3.05, 3.63) is 83.2 Å². The van der Waals surface area contributed by atoms with Crippen LogP contribution in [-0.2, 0) is 4.79 Å². The lowest BCUT2D eigenvalue weighted by atomic mass is 10.0. The largest absolute Gasteiger partial charge is 0.362 e. The van der Waals surface area contributed by atoms with Crippen LogP contribution in [0.2, 0.25) is 0 Å². The Morgan fingerprint density at radius 2 is 1.88 bits per heavy atom. The maximum absolute atomic E-state index is 12.6. The second-order valence-electron chi connectivity index (χ2n) is 6.22. The number of carbonyl (C=O) groups is 2. The van der Waals surface area contributed by atoms with Crippen molar-refractivity contribution < 1.29 is 9.59 Å². The minimum Gasteiger partial charge on any atom is -0.362 e. The zero-order valence-corrected chi connectivity index (χ0v) is 14.2. The number of rotatable bonds is 3. The normalized spacial score (nSPS) is 14.2. The van der Waals surface area contributed by atoms with E-state index in [0.717, 1.165) is 22.5 Å². The summed E-state index contributed by atoms with van der Waals surface area (Å²) in [6.45, 7) is 1.99. The van der Waals surface area contributed by atoms with Gasteiger partial charge in [0.05, 0.1) is 5.57 Å². The first-order chi connectivity index (χ1) is 12.6. The first-order valence-corrected chi connectivity index (χ1v) is 8.29. The van der Waals surface area contributed by atoms with Crippen molar-refractivity contribution in [2.75, 3.05) is 10.6 Å². The number of fused-ring (bicyclic) bond motifs is 1. The molecule has 0 saturated carbocycles. The molecule has 0 bridgehead atoms. The molecule has 0 saturated heterocycles. The molecule has 0 aliphatic carbocycles. The van der Waals surface area contributed by atoms with E-state index in [4.69, 9.17) is 0 Å². The number of aromatic amines is 1. The summed E-state index contributed by atoms with van der Waals surface area (Å²) in [6, 6.07) is 16.6. The van der Waals surface area contributed by atoms with Crippen molar-refractivity contribution in [3.63, 3.8) is 0 Å². The van der Waals surface area contributed by atoms with Gasteiger partial charge in [-0.15, -0.1) is 0 Å². The van der Waals surface area contributed by atoms with Crippen molar-refractivity contribution in [3.8, 4) is 0 Å². The van der Waals surface area contributed by atoms with Crippen LogP contribution in [0.5, 0.6) is 0 Å². The lowest BCUT2D eigenvalue weighted by Gasteiger charge is -2.07. The molecule has 2 aromatic carbocycles. The van der Waals surface area contributed by atoms with E-state index in [0.29, 0.717) is 16.8 Å². The first kappa shape index (κ1) is 15.9. The average Bonchev–Trinajstić information content (AvgIpc) is 3.25. The molecule has 3 aromatic rings. The number of carbonyl (C=O) groups excluding carboxylic acids is 2. The summed E-state index contributed by atoms with van der Waals surface area (Å²) in [5.74, 6) is -0.388. The molecule has 5 nitrogen and oxygen atoms in total. The summed E-state index contributed by atoms with van der Waals surface area (Å²) in [5, 5.41) is 5.71. The van der Waals surface area contributed by atoms with E-state index in [1.165, 1.54) is 0 Å². The van der Waals surface area contributed by atoms with Crippen LogP contribution in [0.1, 0.15) is 27.2 Å². The van der Waals surface area contributed by atoms with Crippen molar-refractivity contribution in [1.29, 1.82) is 0 Å². The van der Waals surface area contributed by atoms with Gasteiger partial charge in [-0.2, -0.15) is 0 Å². The summed E-state index contributed by atoms with van der Waals surface area (Å²) in [4.78, 5) is 27.9. The monoisotopic (exact) mass is 343 g/mol. The SMILES string of the molecule is Cc1ccc(NC(=O)c2ccc3c(c2)C(=Cc2ccc[nH]2)C(=O)N3)cc1. The molecule has 1 aliphatic heterocycles. The van der Waals surface area contributed by atoms with Gasteiger partial charge in [0, 0.05) is 34.4 Å². The number of aryl methyl sites for hydroxylation is 1. The fourth-order valence-electron chi connectivity index (χ4n) is 2.90. The molecule has 1 aliphatic rings. The second-order valence-corrected chi connectivity index (χ2v) is 6.22. The zero-order chi connectivity index (χ0) is 18.1. The molecule has 5 heteroatoms. The Labute approximate surface area is 150 Å². The van der Waals surface area contributed by atoms with E-state index in [1.807, 2.05) is 43.3 Å². The Morgan fingerprint density at radius 3 is 2.62 bits per heavy atom. The van der Waals surface area contributed by atoms with Crippen LogP contribution in [0.25, 0.3) is 11.6 Å². The molecule has 3 N–H and O–H groups in total. The van der Waals surface area contributed by atoms with E-state index in [2.05, 4.69) is 15.6 Å². The van der Waals surface area contributed by atoms with Crippen molar-refractivity contribution in [2.45, 2.75) is 6.92 Å². The Bertz CT molecular complexity index is 1020. The second kappa shape index (κ2) is 6.37. The summed E-state index contributed by atoms with van der Waals surface area (Å²) in [6.07, 6.45) is 3.58. The minimum atomic E-state index is -0.213. The van der Waals surface area contributed by atoms with Crippen LogP contribution in [-0.4, -0.2) is 16.8 Å². The predicted octanol–water partition coefficient (Wildman–Crippen LogP) is 4.07. The van der Waals surface area contributed by atoms with Gasteiger partial charge in [-0.05, 0) is 55.5 Å². The topological polar surface area (TPSA) is 74.0 Å². The summed E-state index contributed by atoms with van der Waals surface area (Å²) < 4.78 is 0. The quantitative estimate of drug-likeness (QED) is 0.627. The fraction of sp³-hybridized carbons (Fsp3) is 0.0476. The molecule has 2 amide bonds. The number of H-pyrrole nitrogens is 1. The van der Waals surface area contributed by atoms with Gasteiger partial charge in [0.2, 0.25) is 0 Å². The zero-order valence-electron chi connectivity index (χ0n) is 14.2. The van der Waals surface area contributed by atoms with Gasteiger partial charge >= 0.3 is 0 Å². The van der Waals surface area contributed by atoms with Crippen LogP contribution < -0.4 is 10.6 Å². The van der Waals surface area contributed by atoms with E-state index < -0.39 is 0 Å². The molecule has 1 aromatic heterocycles. The van der Waals surface area contributed by atoms with E-state index in [-0.39, 0.29) is 11.8 Å². The Hall–Kier alpha value is -3.60. The van der Waals surface area contributed by atoms with Crippen molar-refractivity contribution in [2.24, 2.45) is 0 Å². The maximum atomic E-state index is 12.6. The number of aromatic nitrogens is 1. The minimum absolute atomic E-state index is 0.175. The number of nitrogens with one attached hydrogen (secondary N) is 3. The molecule has 0 spiro atoms. The number of hydrogen-bond donors (Lipinski definition) is 3. The Kier molecular flexibility index (Phi) is 3.89. The van der Waals surface area contributed by atoms with Gasteiger partial charge in [0.15, 0.2) is 0 Å². The Balaban J connectivity index is 1.64. The van der Waals surface area contributed by atoms with Crippen LogP contribution in [0.3, 0.4) is 0 Å². The molecule has 0 unspecified atom stereocenters. The molecule has 0 radical (unpaired) electrons. The van der Waals surface area contributed by atoms with E-state index >= 15 is 0 Å². The third-order valence-electron chi connectivity index (χ3n) is 4.30. The van der Waals surface area contributed by atoms with Crippen LogP contribution >= 0.6 is 0 Å². The number of hydrogen-bond acceptors (Lipinski definition) is 2.